The van der Waals surface area contributed by atoms with Crippen LogP contribution in [-0.2, 0) is 32.0 Å². The van der Waals surface area contributed by atoms with Crippen LogP contribution in [0.3, 0.4) is 0 Å². The fourth-order valence-corrected chi connectivity index (χ4v) is 3.78. The van der Waals surface area contributed by atoms with Crippen molar-refractivity contribution in [3.8, 4) is 0 Å². The highest BCUT2D eigenvalue weighted by Crippen LogP contribution is 2.13. The van der Waals surface area contributed by atoms with Gasteiger partial charge in [-0.2, -0.15) is 4.98 Å². The van der Waals surface area contributed by atoms with E-state index in [-0.39, 0.29) is 37.6 Å². The number of nitrogen functional groups attached to an aromatic ring is 1. The second kappa shape index (κ2) is 12.5. The summed E-state index contributed by atoms with van der Waals surface area (Å²) in [5.74, 6) is -1.39. The summed E-state index contributed by atoms with van der Waals surface area (Å²) in [5.41, 5.74) is 7.35. The predicted octanol–water partition coefficient (Wildman–Crippen LogP) is 1.94. The third-order valence-electron chi connectivity index (χ3n) is 5.55. The van der Waals surface area contributed by atoms with Crippen molar-refractivity contribution < 1.29 is 23.9 Å². The standard InChI is InChI=1S/C25H31N5O6/c1-3-35-20(31)12-11-19(24(34)36-4-2)27-22(32)17-9-7-16(8-10-17)6-5-14-30-15-13-18-21(30)28-25(26)29-23(18)33/h7-10,13,15,19H,3-6,11-12,14H2,1-2H3,(H,27,32)(H3,26,28,29,33)/t19-/m0/s1. The van der Waals surface area contributed by atoms with Crippen LogP contribution in [0.5, 0.6) is 0 Å². The zero-order chi connectivity index (χ0) is 26.1. The highest BCUT2D eigenvalue weighted by Gasteiger charge is 2.24. The Bertz CT molecular complexity index is 1260. The van der Waals surface area contributed by atoms with Gasteiger partial charge in [-0.05, 0) is 56.9 Å². The maximum Gasteiger partial charge on any atom is 0.328 e. The van der Waals surface area contributed by atoms with Crippen LogP contribution in [0.25, 0.3) is 11.0 Å². The summed E-state index contributed by atoms with van der Waals surface area (Å²) in [6, 6.07) is 7.83. The maximum absolute atomic E-state index is 12.7. The van der Waals surface area contributed by atoms with Gasteiger partial charge in [-0.25, -0.2) is 4.79 Å². The van der Waals surface area contributed by atoms with Crippen molar-refractivity contribution >= 4 is 34.8 Å². The number of nitrogens with one attached hydrogen (secondary N) is 2. The number of hydrogen-bond acceptors (Lipinski definition) is 8. The highest BCUT2D eigenvalue weighted by molar-refractivity contribution is 5.96. The molecule has 0 fully saturated rings. The molecule has 2 heterocycles. The molecule has 0 saturated heterocycles. The number of nitrogens with zero attached hydrogens (tertiary/aromatic N) is 2. The summed E-state index contributed by atoms with van der Waals surface area (Å²) in [6.45, 7) is 4.42. The summed E-state index contributed by atoms with van der Waals surface area (Å²) >= 11 is 0. The molecule has 3 rings (SSSR count). The Morgan fingerprint density at radius 2 is 1.83 bits per heavy atom. The van der Waals surface area contributed by atoms with E-state index in [0.29, 0.717) is 23.1 Å². The van der Waals surface area contributed by atoms with Crippen molar-refractivity contribution in [3.05, 3.63) is 58.0 Å². The van der Waals surface area contributed by atoms with Crippen LogP contribution in [0.1, 0.15) is 49.0 Å². The SMILES string of the molecule is CCOC(=O)CC[C@H](NC(=O)c1ccc(CCCn2ccc3c(=O)[nH]c(N)nc32)cc1)C(=O)OCC. The Kier molecular flexibility index (Phi) is 9.20. The van der Waals surface area contributed by atoms with E-state index in [2.05, 4.69) is 15.3 Å². The zero-order valence-corrected chi connectivity index (χ0v) is 20.4. The van der Waals surface area contributed by atoms with Gasteiger partial charge in [0.05, 0.1) is 18.6 Å². The minimum atomic E-state index is -0.951. The molecule has 0 aliphatic rings. The van der Waals surface area contributed by atoms with E-state index in [4.69, 9.17) is 15.2 Å². The van der Waals surface area contributed by atoms with E-state index in [9.17, 15) is 19.2 Å². The Balaban J connectivity index is 1.56. The number of aromatic amines is 1. The van der Waals surface area contributed by atoms with Gasteiger partial charge >= 0.3 is 11.9 Å². The second-order valence-corrected chi connectivity index (χ2v) is 8.12. The van der Waals surface area contributed by atoms with E-state index in [0.717, 1.165) is 18.4 Å². The molecule has 36 heavy (non-hydrogen) atoms. The summed E-state index contributed by atoms with van der Waals surface area (Å²) in [4.78, 5) is 55.3. The van der Waals surface area contributed by atoms with Gasteiger partial charge in [0.25, 0.3) is 11.5 Å². The average molecular weight is 498 g/mol. The number of amides is 1. The largest absolute Gasteiger partial charge is 0.466 e. The van der Waals surface area contributed by atoms with Crippen LogP contribution in [-0.4, -0.2) is 51.6 Å². The Morgan fingerprint density at radius 1 is 1.11 bits per heavy atom. The van der Waals surface area contributed by atoms with E-state index < -0.39 is 23.9 Å². The van der Waals surface area contributed by atoms with Crippen LogP contribution < -0.4 is 16.6 Å². The van der Waals surface area contributed by atoms with Gasteiger partial charge in [0.2, 0.25) is 5.95 Å². The molecule has 0 aliphatic heterocycles. The number of rotatable bonds is 12. The lowest BCUT2D eigenvalue weighted by atomic mass is 10.1. The van der Waals surface area contributed by atoms with Crippen molar-refractivity contribution in [1.82, 2.24) is 19.9 Å². The number of fused-ring (bicyclic) bond motifs is 1. The first-order valence-corrected chi connectivity index (χ1v) is 11.9. The lowest BCUT2D eigenvalue weighted by molar-refractivity contribution is -0.146. The number of anilines is 1. The van der Waals surface area contributed by atoms with Crippen LogP contribution in [0.4, 0.5) is 5.95 Å². The molecule has 11 heteroatoms. The number of aromatic nitrogens is 3. The van der Waals surface area contributed by atoms with E-state index in [1.807, 2.05) is 22.9 Å². The molecule has 1 atom stereocenters. The summed E-state index contributed by atoms with van der Waals surface area (Å²) in [6.07, 6.45) is 3.40. The molecule has 0 unspecified atom stereocenters. The average Bonchev–Trinajstić information content (AvgIpc) is 3.25. The summed E-state index contributed by atoms with van der Waals surface area (Å²) < 4.78 is 11.8. The Hall–Kier alpha value is -4.15. The number of benzene rings is 1. The Morgan fingerprint density at radius 3 is 2.53 bits per heavy atom. The molecule has 1 aromatic carbocycles. The number of esters is 2. The van der Waals surface area contributed by atoms with Crippen molar-refractivity contribution in [1.29, 1.82) is 0 Å². The van der Waals surface area contributed by atoms with Crippen molar-refractivity contribution in [3.63, 3.8) is 0 Å². The number of aryl methyl sites for hydroxylation is 2. The molecule has 3 aromatic rings. The molecule has 11 nitrogen and oxygen atoms in total. The van der Waals surface area contributed by atoms with Crippen molar-refractivity contribution in [2.45, 2.75) is 52.1 Å². The van der Waals surface area contributed by atoms with Crippen LogP contribution in [0.15, 0.2) is 41.3 Å². The molecule has 1 amide bonds. The van der Waals surface area contributed by atoms with E-state index in [1.54, 1.807) is 32.0 Å². The fraction of sp³-hybridized carbons (Fsp3) is 0.400. The molecule has 4 N–H and O–H groups in total. The fourth-order valence-electron chi connectivity index (χ4n) is 3.78. The molecule has 0 aliphatic carbocycles. The lowest BCUT2D eigenvalue weighted by Crippen LogP contribution is -2.42. The topological polar surface area (TPSA) is 158 Å². The molecular formula is C25H31N5O6. The van der Waals surface area contributed by atoms with Crippen molar-refractivity contribution in [2.24, 2.45) is 0 Å². The quantitative estimate of drug-likeness (QED) is 0.320. The highest BCUT2D eigenvalue weighted by atomic mass is 16.5. The number of nitrogens with two attached hydrogens (primary N) is 1. The third kappa shape index (κ3) is 6.94. The lowest BCUT2D eigenvalue weighted by Gasteiger charge is -2.17. The van der Waals surface area contributed by atoms with Gasteiger partial charge < -0.3 is 25.1 Å². The molecule has 192 valence electrons. The minimum Gasteiger partial charge on any atom is -0.466 e. The summed E-state index contributed by atoms with van der Waals surface area (Å²) in [5, 5.41) is 3.14. The molecular weight excluding hydrogens is 466 g/mol. The van der Waals surface area contributed by atoms with Gasteiger partial charge in [0, 0.05) is 24.7 Å². The molecule has 0 radical (unpaired) electrons. The number of hydrogen-bond donors (Lipinski definition) is 3. The van der Waals surface area contributed by atoms with E-state index in [1.165, 1.54) is 0 Å². The predicted molar refractivity (Wildman–Crippen MR) is 133 cm³/mol. The first-order valence-electron chi connectivity index (χ1n) is 11.9. The van der Waals surface area contributed by atoms with Crippen molar-refractivity contribution in [2.75, 3.05) is 18.9 Å². The van der Waals surface area contributed by atoms with Crippen LogP contribution in [0.2, 0.25) is 0 Å². The molecule has 2 aromatic heterocycles. The normalized spacial score (nSPS) is 11.7. The van der Waals surface area contributed by atoms with Gasteiger partial charge in [-0.3, -0.25) is 19.4 Å². The first-order chi connectivity index (χ1) is 17.3. The Labute approximate surface area is 208 Å². The number of carbonyl (C=O) groups is 3. The van der Waals surface area contributed by atoms with Gasteiger partial charge in [-0.1, -0.05) is 12.1 Å². The second-order valence-electron chi connectivity index (χ2n) is 8.12. The van der Waals surface area contributed by atoms with Gasteiger partial charge in [0.15, 0.2) is 0 Å². The number of ether oxygens (including phenoxy) is 2. The third-order valence-corrected chi connectivity index (χ3v) is 5.55. The monoisotopic (exact) mass is 497 g/mol. The van der Waals surface area contributed by atoms with Gasteiger partial charge in [-0.15, -0.1) is 0 Å². The van der Waals surface area contributed by atoms with Crippen LogP contribution in [0, 0.1) is 0 Å². The molecule has 0 spiro atoms. The molecule has 0 bridgehead atoms. The number of carbonyl (C=O) groups excluding carboxylic acids is 3. The molecule has 0 saturated carbocycles. The van der Waals surface area contributed by atoms with Crippen LogP contribution >= 0.6 is 0 Å². The number of H-pyrrole nitrogens is 1. The summed E-state index contributed by atoms with van der Waals surface area (Å²) in [7, 11) is 0. The zero-order valence-electron chi connectivity index (χ0n) is 20.4. The first kappa shape index (κ1) is 26.5. The smallest absolute Gasteiger partial charge is 0.328 e. The van der Waals surface area contributed by atoms with Gasteiger partial charge in [0.1, 0.15) is 11.7 Å². The minimum absolute atomic E-state index is 0.0102. The maximum atomic E-state index is 12.7. The van der Waals surface area contributed by atoms with E-state index >= 15 is 0 Å².